The Hall–Kier alpha value is -1.59. The Morgan fingerprint density at radius 3 is 2.84 bits per heavy atom. The van der Waals surface area contributed by atoms with E-state index in [1.807, 2.05) is 0 Å². The molecule has 1 unspecified atom stereocenters. The summed E-state index contributed by atoms with van der Waals surface area (Å²) in [6.45, 7) is 5.71. The van der Waals surface area contributed by atoms with Crippen LogP contribution in [0.3, 0.4) is 0 Å². The Balaban J connectivity index is 1.93. The minimum Gasteiger partial charge on any atom is -0.338 e. The van der Waals surface area contributed by atoms with Crippen molar-refractivity contribution in [3.8, 4) is 0 Å². The van der Waals surface area contributed by atoms with E-state index in [9.17, 15) is 0 Å². The molecule has 0 amide bonds. The van der Waals surface area contributed by atoms with Crippen LogP contribution < -0.4 is 5.73 Å². The highest BCUT2D eigenvalue weighted by molar-refractivity contribution is 7.98. The van der Waals surface area contributed by atoms with Gasteiger partial charge in [0.25, 0.3) is 0 Å². The Bertz CT molecular complexity index is 536. The van der Waals surface area contributed by atoms with Gasteiger partial charge in [-0.1, -0.05) is 28.9 Å². The van der Waals surface area contributed by atoms with Gasteiger partial charge in [0, 0.05) is 4.90 Å². The van der Waals surface area contributed by atoms with Crippen molar-refractivity contribution in [2.75, 3.05) is 0 Å². The lowest BCUT2D eigenvalue weighted by Gasteiger charge is -2.00. The second-order valence-corrected chi connectivity index (χ2v) is 5.33. The van der Waals surface area contributed by atoms with Crippen molar-refractivity contribution >= 4 is 11.8 Å². The van der Waals surface area contributed by atoms with Gasteiger partial charge in [0.15, 0.2) is 5.82 Å². The summed E-state index contributed by atoms with van der Waals surface area (Å²) in [6.07, 6.45) is 2.38. The minimum absolute atomic E-state index is 0.261. The lowest BCUT2D eigenvalue weighted by atomic mass is 10.2. The molecule has 0 radical (unpaired) electrons. The molecule has 0 aliphatic heterocycles. The number of benzene rings is 1. The van der Waals surface area contributed by atoms with E-state index in [1.54, 1.807) is 17.8 Å². The van der Waals surface area contributed by atoms with Gasteiger partial charge in [0.2, 0.25) is 5.89 Å². The van der Waals surface area contributed by atoms with Crippen LogP contribution in [-0.4, -0.2) is 10.1 Å². The Morgan fingerprint density at radius 1 is 1.42 bits per heavy atom. The van der Waals surface area contributed by atoms with Crippen LogP contribution in [0.5, 0.6) is 0 Å². The Labute approximate surface area is 117 Å². The van der Waals surface area contributed by atoms with Crippen molar-refractivity contribution in [2.45, 2.75) is 30.0 Å². The molecule has 19 heavy (non-hydrogen) atoms. The van der Waals surface area contributed by atoms with Gasteiger partial charge in [-0.05, 0) is 25.5 Å². The maximum atomic E-state index is 5.87. The summed E-state index contributed by atoms with van der Waals surface area (Å²) >= 11 is 1.67. The topological polar surface area (TPSA) is 64.9 Å². The molecule has 5 heteroatoms. The third-order valence-electron chi connectivity index (χ3n) is 2.61. The lowest BCUT2D eigenvalue weighted by molar-refractivity contribution is 0.352. The number of nitrogens with two attached hydrogens (primary N) is 1. The third-order valence-corrected chi connectivity index (χ3v) is 3.62. The van der Waals surface area contributed by atoms with E-state index in [4.69, 9.17) is 10.3 Å². The van der Waals surface area contributed by atoms with Crippen molar-refractivity contribution in [1.82, 2.24) is 10.1 Å². The van der Waals surface area contributed by atoms with Gasteiger partial charge >= 0.3 is 0 Å². The summed E-state index contributed by atoms with van der Waals surface area (Å²) in [7, 11) is 0. The zero-order chi connectivity index (χ0) is 13.7. The van der Waals surface area contributed by atoms with Gasteiger partial charge in [-0.3, -0.25) is 0 Å². The quantitative estimate of drug-likeness (QED) is 0.647. The number of hydrogen-bond donors (Lipinski definition) is 1. The van der Waals surface area contributed by atoms with Crippen LogP contribution in [0.1, 0.15) is 29.7 Å². The summed E-state index contributed by atoms with van der Waals surface area (Å²) in [6, 6.07) is 8.09. The maximum absolute atomic E-state index is 5.87. The lowest BCUT2D eigenvalue weighted by Crippen LogP contribution is -2.09. The van der Waals surface area contributed by atoms with Crippen molar-refractivity contribution in [3.05, 3.63) is 54.2 Å². The number of aryl methyl sites for hydroxylation is 1. The third kappa shape index (κ3) is 3.94. The summed E-state index contributed by atoms with van der Waals surface area (Å²) in [4.78, 5) is 5.48. The maximum Gasteiger partial charge on any atom is 0.243 e. The second kappa shape index (κ2) is 6.54. The molecule has 100 valence electrons. The standard InChI is InChI=1S/C14H17N3OS/c1-3-4-12(15)14-16-13(17-18-14)9-19-11-7-5-10(2)6-8-11/h3,5-8,12H,1,4,9,15H2,2H3. The Morgan fingerprint density at radius 2 is 2.16 bits per heavy atom. The smallest absolute Gasteiger partial charge is 0.243 e. The van der Waals surface area contributed by atoms with Crippen LogP contribution in [0.25, 0.3) is 0 Å². The molecule has 0 spiro atoms. The first-order chi connectivity index (χ1) is 9.19. The molecule has 1 aromatic heterocycles. The number of thioether (sulfide) groups is 1. The van der Waals surface area contributed by atoms with Gasteiger partial charge in [0.05, 0.1) is 11.8 Å². The molecule has 1 atom stereocenters. The number of nitrogens with zero attached hydrogens (tertiary/aromatic N) is 2. The van der Waals surface area contributed by atoms with Crippen molar-refractivity contribution in [1.29, 1.82) is 0 Å². The van der Waals surface area contributed by atoms with Crippen LogP contribution >= 0.6 is 11.8 Å². The highest BCUT2D eigenvalue weighted by Gasteiger charge is 2.13. The van der Waals surface area contributed by atoms with Crippen LogP contribution in [0.4, 0.5) is 0 Å². The molecule has 0 aliphatic carbocycles. The molecule has 2 rings (SSSR count). The molecule has 1 heterocycles. The summed E-state index contributed by atoms with van der Waals surface area (Å²) in [5.41, 5.74) is 7.12. The van der Waals surface area contributed by atoms with Gasteiger partial charge < -0.3 is 10.3 Å². The molecule has 0 saturated carbocycles. The predicted molar refractivity (Wildman–Crippen MR) is 76.8 cm³/mol. The largest absolute Gasteiger partial charge is 0.338 e. The molecular formula is C14H17N3OS. The van der Waals surface area contributed by atoms with Crippen molar-refractivity contribution < 1.29 is 4.52 Å². The highest BCUT2D eigenvalue weighted by atomic mass is 32.2. The van der Waals surface area contributed by atoms with Gasteiger partial charge in [-0.25, -0.2) is 0 Å². The minimum atomic E-state index is -0.261. The first kappa shape index (κ1) is 13.8. The molecule has 2 aromatic rings. The molecule has 0 saturated heterocycles. The summed E-state index contributed by atoms with van der Waals surface area (Å²) in [5, 5.41) is 3.93. The van der Waals surface area contributed by atoms with Crippen LogP contribution in [-0.2, 0) is 5.75 Å². The van der Waals surface area contributed by atoms with Gasteiger partial charge in [-0.2, -0.15) is 4.98 Å². The van der Waals surface area contributed by atoms with E-state index in [-0.39, 0.29) is 6.04 Å². The molecular weight excluding hydrogens is 258 g/mol. The molecule has 1 aromatic carbocycles. The molecule has 0 fully saturated rings. The van der Waals surface area contributed by atoms with Gasteiger partial charge in [0.1, 0.15) is 0 Å². The predicted octanol–water partition coefficient (Wildman–Crippen LogP) is 3.25. The highest BCUT2D eigenvalue weighted by Crippen LogP contribution is 2.22. The zero-order valence-electron chi connectivity index (χ0n) is 10.9. The van der Waals surface area contributed by atoms with Crippen molar-refractivity contribution in [3.63, 3.8) is 0 Å². The van der Waals surface area contributed by atoms with Gasteiger partial charge in [-0.15, -0.1) is 18.3 Å². The zero-order valence-corrected chi connectivity index (χ0v) is 11.7. The van der Waals surface area contributed by atoms with E-state index in [0.717, 1.165) is 0 Å². The normalized spacial score (nSPS) is 12.3. The molecule has 0 bridgehead atoms. The number of rotatable bonds is 6. The fourth-order valence-corrected chi connectivity index (χ4v) is 2.28. The van der Waals surface area contributed by atoms with E-state index in [0.29, 0.717) is 23.9 Å². The SMILES string of the molecule is C=CCC(N)c1nc(CSc2ccc(C)cc2)no1. The van der Waals surface area contributed by atoms with Crippen molar-refractivity contribution in [2.24, 2.45) is 5.73 Å². The van der Waals surface area contributed by atoms with E-state index >= 15 is 0 Å². The molecule has 0 aliphatic rings. The average Bonchev–Trinajstić information content (AvgIpc) is 2.87. The van der Waals surface area contributed by atoms with Crippen LogP contribution in [0.15, 0.2) is 46.3 Å². The fourth-order valence-electron chi connectivity index (χ4n) is 1.54. The average molecular weight is 275 g/mol. The Kier molecular flexibility index (Phi) is 4.76. The van der Waals surface area contributed by atoms with E-state index in [1.165, 1.54) is 10.5 Å². The first-order valence-corrected chi connectivity index (χ1v) is 7.06. The number of aromatic nitrogens is 2. The number of hydrogen-bond acceptors (Lipinski definition) is 5. The fraction of sp³-hybridized carbons (Fsp3) is 0.286. The van der Waals surface area contributed by atoms with E-state index in [2.05, 4.69) is 47.9 Å². The first-order valence-electron chi connectivity index (χ1n) is 6.07. The van der Waals surface area contributed by atoms with E-state index < -0.39 is 0 Å². The summed E-state index contributed by atoms with van der Waals surface area (Å²) < 4.78 is 5.14. The van der Waals surface area contributed by atoms with Crippen LogP contribution in [0.2, 0.25) is 0 Å². The molecule has 2 N–H and O–H groups in total. The second-order valence-electron chi connectivity index (χ2n) is 4.28. The molecule has 4 nitrogen and oxygen atoms in total. The monoisotopic (exact) mass is 275 g/mol. The summed E-state index contributed by atoms with van der Waals surface area (Å²) in [5.74, 6) is 1.81. The van der Waals surface area contributed by atoms with Crippen LogP contribution in [0, 0.1) is 6.92 Å².